The van der Waals surface area contributed by atoms with Crippen molar-refractivity contribution in [1.29, 1.82) is 0 Å². The Bertz CT molecular complexity index is 480. The lowest BCUT2D eigenvalue weighted by atomic mass is 9.90. The van der Waals surface area contributed by atoms with Gasteiger partial charge in [-0.2, -0.15) is 0 Å². The summed E-state index contributed by atoms with van der Waals surface area (Å²) in [5, 5.41) is 0. The topological polar surface area (TPSA) is 17.1 Å². The summed E-state index contributed by atoms with van der Waals surface area (Å²) in [7, 11) is 0. The van der Waals surface area contributed by atoms with Crippen molar-refractivity contribution in [3.8, 4) is 0 Å². The largest absolute Gasteiger partial charge is 0.294 e. The number of Topliss-reactive ketones (excluding diaryl/α,β-unsaturated/α-hetero) is 1. The third-order valence-corrected chi connectivity index (χ3v) is 3.41. The standard InChI is InChI=1S/C14H16F4O/c1-6(2)7(3)5-9(19)10-13(17)11(15)8(4)12(16)14(10)18/h6-7H,5H2,1-4H3/t7-/m1/s1. The second kappa shape index (κ2) is 5.72. The van der Waals surface area contributed by atoms with E-state index in [0.717, 1.165) is 6.92 Å². The highest BCUT2D eigenvalue weighted by Crippen LogP contribution is 2.26. The van der Waals surface area contributed by atoms with Gasteiger partial charge in [-0.25, -0.2) is 17.6 Å². The van der Waals surface area contributed by atoms with Gasteiger partial charge in [-0.3, -0.25) is 4.79 Å². The van der Waals surface area contributed by atoms with Gasteiger partial charge in [0.2, 0.25) is 0 Å². The first kappa shape index (κ1) is 15.7. The van der Waals surface area contributed by atoms with E-state index in [-0.39, 0.29) is 18.3 Å². The van der Waals surface area contributed by atoms with E-state index < -0.39 is 40.2 Å². The Hall–Kier alpha value is -1.39. The Labute approximate surface area is 109 Å². The van der Waals surface area contributed by atoms with Crippen molar-refractivity contribution in [3.63, 3.8) is 0 Å². The zero-order valence-corrected chi connectivity index (χ0v) is 11.3. The molecule has 0 spiro atoms. The first-order valence-electron chi connectivity index (χ1n) is 6.04. The number of benzene rings is 1. The van der Waals surface area contributed by atoms with Crippen LogP contribution in [0.2, 0.25) is 0 Å². The summed E-state index contributed by atoms with van der Waals surface area (Å²) in [5.74, 6) is -7.20. The molecule has 1 nitrogen and oxygen atoms in total. The minimum atomic E-state index is -1.61. The van der Waals surface area contributed by atoms with Crippen LogP contribution < -0.4 is 0 Å². The van der Waals surface area contributed by atoms with E-state index in [1.807, 2.05) is 13.8 Å². The van der Waals surface area contributed by atoms with Crippen LogP contribution in [0, 0.1) is 42.0 Å². The van der Waals surface area contributed by atoms with Crippen molar-refractivity contribution >= 4 is 5.78 Å². The van der Waals surface area contributed by atoms with Gasteiger partial charge >= 0.3 is 0 Å². The molecule has 106 valence electrons. The van der Waals surface area contributed by atoms with Gasteiger partial charge in [-0.1, -0.05) is 20.8 Å². The molecule has 1 atom stereocenters. The van der Waals surface area contributed by atoms with Gasteiger partial charge < -0.3 is 0 Å². The van der Waals surface area contributed by atoms with Crippen molar-refractivity contribution in [1.82, 2.24) is 0 Å². The predicted molar refractivity (Wildman–Crippen MR) is 64.0 cm³/mol. The highest BCUT2D eigenvalue weighted by Gasteiger charge is 2.28. The van der Waals surface area contributed by atoms with Gasteiger partial charge in [0.05, 0.1) is 5.56 Å². The maximum atomic E-state index is 13.6. The average Bonchev–Trinajstić information content (AvgIpc) is 2.34. The van der Waals surface area contributed by atoms with Crippen LogP contribution in [0.15, 0.2) is 0 Å². The molecule has 0 amide bonds. The Kier molecular flexibility index (Phi) is 4.71. The molecule has 0 saturated heterocycles. The quantitative estimate of drug-likeness (QED) is 0.452. The van der Waals surface area contributed by atoms with E-state index >= 15 is 0 Å². The highest BCUT2D eigenvalue weighted by molar-refractivity contribution is 5.96. The molecule has 1 aromatic rings. The molecule has 0 fully saturated rings. The van der Waals surface area contributed by atoms with Gasteiger partial charge in [-0.05, 0) is 18.8 Å². The molecule has 0 aliphatic heterocycles. The fourth-order valence-electron chi connectivity index (χ4n) is 1.62. The molecule has 0 saturated carbocycles. The summed E-state index contributed by atoms with van der Waals surface area (Å²) >= 11 is 0. The fraction of sp³-hybridized carbons (Fsp3) is 0.500. The van der Waals surface area contributed by atoms with Crippen molar-refractivity contribution < 1.29 is 22.4 Å². The highest BCUT2D eigenvalue weighted by atomic mass is 19.2. The second-order valence-electron chi connectivity index (χ2n) is 5.10. The van der Waals surface area contributed by atoms with Crippen LogP contribution in [-0.2, 0) is 0 Å². The summed E-state index contributed by atoms with van der Waals surface area (Å²) < 4.78 is 53.9. The third kappa shape index (κ3) is 2.96. The number of hydrogen-bond acceptors (Lipinski definition) is 1. The molecule has 0 heterocycles. The van der Waals surface area contributed by atoms with Crippen LogP contribution in [0.4, 0.5) is 17.6 Å². The number of carbonyl (C=O) groups is 1. The molecular formula is C14H16F4O. The molecular weight excluding hydrogens is 260 g/mol. The van der Waals surface area contributed by atoms with Gasteiger partial charge in [0.25, 0.3) is 0 Å². The van der Waals surface area contributed by atoms with Crippen LogP contribution >= 0.6 is 0 Å². The summed E-state index contributed by atoms with van der Waals surface area (Å²) in [6.45, 7) is 6.35. The molecule has 1 rings (SSSR count). The normalized spacial score (nSPS) is 12.9. The van der Waals surface area contributed by atoms with E-state index in [1.54, 1.807) is 6.92 Å². The van der Waals surface area contributed by atoms with Crippen molar-refractivity contribution in [2.24, 2.45) is 11.8 Å². The maximum absolute atomic E-state index is 13.6. The van der Waals surface area contributed by atoms with Crippen molar-refractivity contribution in [2.75, 3.05) is 0 Å². The average molecular weight is 276 g/mol. The molecule has 5 heteroatoms. The predicted octanol–water partition coefficient (Wildman–Crippen LogP) is 4.42. The Morgan fingerprint density at radius 3 is 1.74 bits per heavy atom. The van der Waals surface area contributed by atoms with Crippen LogP contribution in [0.25, 0.3) is 0 Å². The van der Waals surface area contributed by atoms with Crippen molar-refractivity contribution in [3.05, 3.63) is 34.4 Å². The maximum Gasteiger partial charge on any atom is 0.173 e. The van der Waals surface area contributed by atoms with Crippen LogP contribution in [0.3, 0.4) is 0 Å². The first-order chi connectivity index (χ1) is 8.68. The lowest BCUT2D eigenvalue weighted by Gasteiger charge is -2.15. The summed E-state index contributed by atoms with van der Waals surface area (Å²) in [4.78, 5) is 11.8. The van der Waals surface area contributed by atoms with E-state index in [4.69, 9.17) is 0 Å². The minimum Gasteiger partial charge on any atom is -0.294 e. The van der Waals surface area contributed by atoms with Gasteiger partial charge in [0, 0.05) is 12.0 Å². The number of hydrogen-bond donors (Lipinski definition) is 0. The Balaban J connectivity index is 3.25. The molecule has 0 bridgehead atoms. The SMILES string of the molecule is Cc1c(F)c(F)c(C(=O)C[C@@H](C)C(C)C)c(F)c1F. The van der Waals surface area contributed by atoms with Crippen LogP contribution in [0.5, 0.6) is 0 Å². The molecule has 0 radical (unpaired) electrons. The Morgan fingerprint density at radius 2 is 1.37 bits per heavy atom. The molecule has 0 aliphatic carbocycles. The minimum absolute atomic E-state index is 0.121. The van der Waals surface area contributed by atoms with Crippen LogP contribution in [-0.4, -0.2) is 5.78 Å². The van der Waals surface area contributed by atoms with E-state index in [2.05, 4.69) is 0 Å². The van der Waals surface area contributed by atoms with Gasteiger partial charge in [-0.15, -0.1) is 0 Å². The summed E-state index contributed by atoms with van der Waals surface area (Å²) in [5.41, 5.74) is -1.88. The first-order valence-corrected chi connectivity index (χ1v) is 6.04. The molecule has 19 heavy (non-hydrogen) atoms. The van der Waals surface area contributed by atoms with Gasteiger partial charge in [0.15, 0.2) is 29.1 Å². The van der Waals surface area contributed by atoms with E-state index in [9.17, 15) is 22.4 Å². The second-order valence-corrected chi connectivity index (χ2v) is 5.10. The van der Waals surface area contributed by atoms with E-state index in [1.165, 1.54) is 0 Å². The Morgan fingerprint density at radius 1 is 0.947 bits per heavy atom. The molecule has 0 unspecified atom stereocenters. The number of ketones is 1. The summed E-state index contributed by atoms with van der Waals surface area (Å²) in [6, 6.07) is 0. The molecule has 0 aromatic heterocycles. The van der Waals surface area contributed by atoms with E-state index in [0.29, 0.717) is 0 Å². The zero-order chi connectivity index (χ0) is 14.9. The third-order valence-electron chi connectivity index (χ3n) is 3.41. The zero-order valence-electron chi connectivity index (χ0n) is 11.3. The van der Waals surface area contributed by atoms with Crippen molar-refractivity contribution in [2.45, 2.75) is 34.1 Å². The van der Waals surface area contributed by atoms with Gasteiger partial charge in [0.1, 0.15) is 0 Å². The summed E-state index contributed by atoms with van der Waals surface area (Å²) in [6.07, 6.45) is -0.159. The lowest BCUT2D eigenvalue weighted by Crippen LogP contribution is -2.16. The van der Waals surface area contributed by atoms with Crippen LogP contribution in [0.1, 0.15) is 43.1 Å². The monoisotopic (exact) mass is 276 g/mol. The number of carbonyl (C=O) groups excluding carboxylic acids is 1. The molecule has 0 aliphatic rings. The lowest BCUT2D eigenvalue weighted by molar-refractivity contribution is 0.0942. The fourth-order valence-corrected chi connectivity index (χ4v) is 1.62. The molecule has 1 aromatic carbocycles. The molecule has 0 N–H and O–H groups in total. The smallest absolute Gasteiger partial charge is 0.173 e. The number of halogens is 4. The number of rotatable bonds is 4.